The Balaban J connectivity index is 1.44. The van der Waals surface area contributed by atoms with Gasteiger partial charge in [0.15, 0.2) is 0 Å². The van der Waals surface area contributed by atoms with E-state index in [4.69, 9.17) is 9.47 Å². The molecule has 0 aromatic heterocycles. The van der Waals surface area contributed by atoms with Crippen LogP contribution < -0.4 is 0 Å². The highest BCUT2D eigenvalue weighted by molar-refractivity contribution is 5.66. The van der Waals surface area contributed by atoms with E-state index in [1.54, 1.807) is 12.5 Å². The minimum atomic E-state index is -0.164. The van der Waals surface area contributed by atoms with Crippen LogP contribution in [0.3, 0.4) is 0 Å². The molecule has 5 aliphatic carbocycles. The summed E-state index contributed by atoms with van der Waals surface area (Å²) in [6.45, 7) is 7.97. The predicted octanol–water partition coefficient (Wildman–Crippen LogP) is 4.67. The summed E-state index contributed by atoms with van der Waals surface area (Å²) in [4.78, 5) is 23.1. The van der Waals surface area contributed by atoms with Crippen LogP contribution in [0.15, 0.2) is 11.6 Å². The van der Waals surface area contributed by atoms with Gasteiger partial charge in [0.05, 0.1) is 0 Å². The number of esters is 2. The summed E-state index contributed by atoms with van der Waals surface area (Å²) in [5.41, 5.74) is 2.03. The summed E-state index contributed by atoms with van der Waals surface area (Å²) < 4.78 is 11.4. The molecule has 4 fully saturated rings. The van der Waals surface area contributed by atoms with Crippen LogP contribution >= 0.6 is 0 Å². The quantitative estimate of drug-likeness (QED) is 0.511. The fraction of sp³-hybridized carbons (Fsp3) is 0.833. The van der Waals surface area contributed by atoms with E-state index in [1.807, 2.05) is 0 Å². The highest BCUT2D eigenvalue weighted by Crippen LogP contribution is 2.74. The van der Waals surface area contributed by atoms with Crippen LogP contribution in [0.1, 0.15) is 72.6 Å². The SMILES string of the molecule is CC(=O)O[C@@H]1C=C2[C@H]3C[C@H]3[C@H]3[C@@H]4CC[C@H](OC(C)=O)[C@@]4(C)CC[C@@H]3[C@@]2(C)CC1. The fourth-order valence-electron chi connectivity index (χ4n) is 8.19. The van der Waals surface area contributed by atoms with Gasteiger partial charge >= 0.3 is 11.9 Å². The normalized spacial score (nSPS) is 51.0. The predicted molar refractivity (Wildman–Crippen MR) is 105 cm³/mol. The molecule has 5 aliphatic rings. The van der Waals surface area contributed by atoms with Crippen molar-refractivity contribution >= 4 is 11.9 Å². The molecule has 0 aliphatic heterocycles. The van der Waals surface area contributed by atoms with Gasteiger partial charge in [-0.15, -0.1) is 0 Å². The van der Waals surface area contributed by atoms with Crippen molar-refractivity contribution in [3.63, 3.8) is 0 Å². The Labute approximate surface area is 168 Å². The second kappa shape index (κ2) is 6.09. The number of hydrogen-bond donors (Lipinski definition) is 0. The van der Waals surface area contributed by atoms with Crippen molar-refractivity contribution in [1.29, 1.82) is 0 Å². The number of ether oxygens (including phenoxy) is 2. The molecule has 9 atom stereocenters. The van der Waals surface area contributed by atoms with Crippen molar-refractivity contribution in [2.45, 2.75) is 84.8 Å². The maximum atomic E-state index is 11.7. The molecule has 28 heavy (non-hydrogen) atoms. The summed E-state index contributed by atoms with van der Waals surface area (Å²) in [5.74, 6) is 3.40. The lowest BCUT2D eigenvalue weighted by Crippen LogP contribution is -2.53. The monoisotopic (exact) mass is 386 g/mol. The van der Waals surface area contributed by atoms with Crippen molar-refractivity contribution < 1.29 is 19.1 Å². The van der Waals surface area contributed by atoms with Crippen LogP contribution in [0.2, 0.25) is 0 Å². The van der Waals surface area contributed by atoms with Gasteiger partial charge in [0.25, 0.3) is 0 Å². The molecule has 0 unspecified atom stereocenters. The number of rotatable bonds is 2. The minimum Gasteiger partial charge on any atom is -0.462 e. The van der Waals surface area contributed by atoms with E-state index in [2.05, 4.69) is 19.9 Å². The van der Waals surface area contributed by atoms with E-state index < -0.39 is 0 Å². The number of allylic oxidation sites excluding steroid dienone is 1. The fourth-order valence-corrected chi connectivity index (χ4v) is 8.19. The zero-order valence-electron chi connectivity index (χ0n) is 17.7. The summed E-state index contributed by atoms with van der Waals surface area (Å²) in [5, 5.41) is 0. The van der Waals surface area contributed by atoms with Gasteiger partial charge in [-0.1, -0.05) is 19.4 Å². The van der Waals surface area contributed by atoms with E-state index in [1.165, 1.54) is 32.6 Å². The summed E-state index contributed by atoms with van der Waals surface area (Å²) in [6, 6.07) is 0. The minimum absolute atomic E-state index is 0.0212. The molecule has 0 bridgehead atoms. The van der Waals surface area contributed by atoms with Crippen LogP contribution in [0.4, 0.5) is 0 Å². The number of hydrogen-bond acceptors (Lipinski definition) is 4. The largest absolute Gasteiger partial charge is 0.462 e. The third-order valence-corrected chi connectivity index (χ3v) is 9.40. The van der Waals surface area contributed by atoms with E-state index in [0.29, 0.717) is 11.8 Å². The Morgan fingerprint density at radius 1 is 0.964 bits per heavy atom. The molecule has 0 N–H and O–H groups in total. The first-order valence-electron chi connectivity index (χ1n) is 11.3. The summed E-state index contributed by atoms with van der Waals surface area (Å²) in [6.07, 6.45) is 10.5. The lowest BCUT2D eigenvalue weighted by molar-refractivity contribution is -0.157. The van der Waals surface area contributed by atoms with Crippen molar-refractivity contribution in [3.05, 3.63) is 11.6 Å². The lowest BCUT2D eigenvalue weighted by Gasteiger charge is -2.58. The van der Waals surface area contributed by atoms with E-state index >= 15 is 0 Å². The third-order valence-electron chi connectivity index (χ3n) is 9.40. The third kappa shape index (κ3) is 2.55. The smallest absolute Gasteiger partial charge is 0.303 e. The average molecular weight is 387 g/mol. The molecular weight excluding hydrogens is 352 g/mol. The first-order chi connectivity index (χ1) is 13.2. The number of fused-ring (bicyclic) bond motifs is 8. The van der Waals surface area contributed by atoms with Gasteiger partial charge < -0.3 is 9.47 Å². The molecule has 0 saturated heterocycles. The Bertz CT molecular complexity index is 741. The van der Waals surface area contributed by atoms with Gasteiger partial charge in [0.1, 0.15) is 12.2 Å². The Hall–Kier alpha value is -1.32. The first-order valence-corrected chi connectivity index (χ1v) is 11.3. The van der Waals surface area contributed by atoms with Crippen LogP contribution in [-0.4, -0.2) is 24.1 Å². The topological polar surface area (TPSA) is 52.6 Å². The Kier molecular flexibility index (Phi) is 4.07. The highest BCUT2D eigenvalue weighted by atomic mass is 16.5. The van der Waals surface area contributed by atoms with Gasteiger partial charge in [-0.3, -0.25) is 9.59 Å². The van der Waals surface area contributed by atoms with Crippen LogP contribution in [0.25, 0.3) is 0 Å². The lowest BCUT2D eigenvalue weighted by atomic mass is 9.47. The summed E-state index contributed by atoms with van der Waals surface area (Å²) in [7, 11) is 0. The van der Waals surface area contributed by atoms with E-state index in [9.17, 15) is 9.59 Å². The van der Waals surface area contributed by atoms with Gasteiger partial charge in [0.2, 0.25) is 0 Å². The van der Waals surface area contributed by atoms with E-state index in [0.717, 1.165) is 37.0 Å². The molecule has 0 heterocycles. The molecule has 4 saturated carbocycles. The van der Waals surface area contributed by atoms with Crippen LogP contribution in [0, 0.1) is 40.4 Å². The number of carbonyl (C=O) groups is 2. The molecule has 0 spiro atoms. The zero-order valence-corrected chi connectivity index (χ0v) is 17.7. The van der Waals surface area contributed by atoms with Crippen LogP contribution in [-0.2, 0) is 19.1 Å². The van der Waals surface area contributed by atoms with Gasteiger partial charge in [0, 0.05) is 19.3 Å². The molecular formula is C24H34O4. The molecule has 0 radical (unpaired) electrons. The second-order valence-electron chi connectivity index (χ2n) is 10.7. The van der Waals surface area contributed by atoms with Crippen molar-refractivity contribution in [2.24, 2.45) is 40.4 Å². The van der Waals surface area contributed by atoms with Crippen molar-refractivity contribution in [1.82, 2.24) is 0 Å². The van der Waals surface area contributed by atoms with E-state index in [-0.39, 0.29) is 35.0 Å². The molecule has 0 aromatic carbocycles. The highest BCUT2D eigenvalue weighted by Gasteiger charge is 2.68. The average Bonchev–Trinajstić information content (AvgIpc) is 3.33. The van der Waals surface area contributed by atoms with Crippen molar-refractivity contribution in [3.8, 4) is 0 Å². The molecule has 0 amide bonds. The maximum Gasteiger partial charge on any atom is 0.303 e. The number of carbonyl (C=O) groups excluding carboxylic acids is 2. The zero-order chi connectivity index (χ0) is 19.8. The Morgan fingerprint density at radius 2 is 1.71 bits per heavy atom. The molecule has 5 rings (SSSR count). The molecule has 4 nitrogen and oxygen atoms in total. The molecule has 154 valence electrons. The van der Waals surface area contributed by atoms with Crippen molar-refractivity contribution in [2.75, 3.05) is 0 Å². The standard InChI is InChI=1S/C24H34O4/c1-13(25)27-15-7-9-23(3)19-8-10-24(4)18(5-6-21(24)28-14(2)26)22(19)17-12-16(17)20(23)11-15/h11,15-19,21-22H,5-10,12H2,1-4H3/t15-,16-,17+,18-,19-,21-,22-,23+,24-/m0/s1. The Morgan fingerprint density at radius 3 is 2.43 bits per heavy atom. The summed E-state index contributed by atoms with van der Waals surface area (Å²) >= 11 is 0. The van der Waals surface area contributed by atoms with Gasteiger partial charge in [-0.05, 0) is 86.0 Å². The van der Waals surface area contributed by atoms with Crippen LogP contribution in [0.5, 0.6) is 0 Å². The van der Waals surface area contributed by atoms with Gasteiger partial charge in [-0.2, -0.15) is 0 Å². The molecule has 0 aromatic rings. The maximum absolute atomic E-state index is 11.7. The van der Waals surface area contributed by atoms with Gasteiger partial charge in [-0.25, -0.2) is 0 Å². The first kappa shape index (κ1) is 18.7. The molecule has 4 heteroatoms. The second-order valence-corrected chi connectivity index (χ2v) is 10.7.